The van der Waals surface area contributed by atoms with Gasteiger partial charge in [-0.15, -0.1) is 0 Å². The second-order valence-corrected chi connectivity index (χ2v) is 6.50. The third-order valence-corrected chi connectivity index (χ3v) is 5.00. The van der Waals surface area contributed by atoms with E-state index in [1.807, 2.05) is 36.4 Å². The fourth-order valence-electron chi connectivity index (χ4n) is 3.62. The molecule has 3 heterocycles. The van der Waals surface area contributed by atoms with Crippen molar-refractivity contribution in [2.75, 3.05) is 13.1 Å². The molecule has 1 aromatic carbocycles. The number of rotatable bonds is 3. The molecule has 3 aromatic rings. The zero-order valence-corrected chi connectivity index (χ0v) is 13.0. The molecule has 1 saturated heterocycles. The topological polar surface area (TPSA) is 82.7 Å². The maximum absolute atomic E-state index is 12.5. The molecule has 0 bridgehead atoms. The van der Waals surface area contributed by atoms with Crippen LogP contribution in [0.1, 0.15) is 10.5 Å². The van der Waals surface area contributed by atoms with Crippen LogP contribution in [-0.2, 0) is 0 Å². The molecule has 1 amide bonds. The number of imidazole rings is 1. The number of H-pyrrole nitrogens is 1. The summed E-state index contributed by atoms with van der Waals surface area (Å²) >= 11 is 0. The van der Waals surface area contributed by atoms with E-state index < -0.39 is 0 Å². The first-order chi connectivity index (χ1) is 11.8. The highest BCUT2D eigenvalue weighted by Crippen LogP contribution is 2.41. The van der Waals surface area contributed by atoms with E-state index in [1.165, 1.54) is 0 Å². The number of benzene rings is 1. The van der Waals surface area contributed by atoms with Crippen LogP contribution in [-0.4, -0.2) is 40.0 Å². The number of fused-ring (bicyclic) bond motifs is 2. The molecule has 2 aromatic heterocycles. The van der Waals surface area contributed by atoms with Gasteiger partial charge in [-0.05, 0) is 36.1 Å². The van der Waals surface area contributed by atoms with Crippen LogP contribution in [0.15, 0.2) is 42.5 Å². The molecule has 1 aliphatic heterocycles. The minimum Gasteiger partial charge on any atom is -0.347 e. The van der Waals surface area contributed by atoms with Gasteiger partial charge in [0.05, 0.1) is 11.0 Å². The number of aromatic amines is 1. The lowest BCUT2D eigenvalue weighted by molar-refractivity contribution is 0.0941. The lowest BCUT2D eigenvalue weighted by Crippen LogP contribution is -2.33. The Morgan fingerprint density at radius 1 is 1.04 bits per heavy atom. The van der Waals surface area contributed by atoms with Crippen molar-refractivity contribution in [3.63, 3.8) is 0 Å². The highest BCUT2D eigenvalue weighted by atomic mass is 16.2. The van der Waals surface area contributed by atoms with Crippen LogP contribution in [0.2, 0.25) is 0 Å². The summed E-state index contributed by atoms with van der Waals surface area (Å²) in [4.78, 5) is 24.7. The molecule has 5 rings (SSSR count). The molecule has 0 radical (unpaired) electrons. The number of carbonyl (C=O) groups excluding carboxylic acids is 1. The van der Waals surface area contributed by atoms with Gasteiger partial charge in [-0.1, -0.05) is 18.2 Å². The smallest absolute Gasteiger partial charge is 0.270 e. The van der Waals surface area contributed by atoms with Crippen molar-refractivity contribution in [1.29, 1.82) is 0 Å². The highest BCUT2D eigenvalue weighted by molar-refractivity contribution is 5.93. The Morgan fingerprint density at radius 3 is 2.71 bits per heavy atom. The van der Waals surface area contributed by atoms with E-state index in [0.29, 0.717) is 35.1 Å². The standard InChI is InChI=1S/C18H17N5O/c24-18(23-16-10-8-19-9-11(10)16)15-7-3-6-14(20-15)17-21-12-4-1-2-5-13(12)22-17/h1-7,10-11,16,19H,8-9H2,(H,21,22)(H,23,24). The predicted molar refractivity (Wildman–Crippen MR) is 90.4 cm³/mol. The van der Waals surface area contributed by atoms with E-state index in [-0.39, 0.29) is 5.91 Å². The maximum atomic E-state index is 12.5. The number of nitrogens with zero attached hydrogens (tertiary/aromatic N) is 2. The molecule has 6 heteroatoms. The number of amides is 1. The zero-order chi connectivity index (χ0) is 16.1. The summed E-state index contributed by atoms with van der Waals surface area (Å²) in [5.74, 6) is 1.76. The number of para-hydroxylation sites is 2. The largest absolute Gasteiger partial charge is 0.347 e. The number of nitrogens with one attached hydrogen (secondary N) is 3. The first-order valence-electron chi connectivity index (χ1n) is 8.23. The molecule has 2 unspecified atom stereocenters. The minimum atomic E-state index is -0.104. The summed E-state index contributed by atoms with van der Waals surface area (Å²) in [5, 5.41) is 6.43. The molecule has 6 nitrogen and oxygen atoms in total. The van der Waals surface area contributed by atoms with E-state index in [1.54, 1.807) is 6.07 Å². The molecule has 2 fully saturated rings. The van der Waals surface area contributed by atoms with Crippen LogP contribution in [0.25, 0.3) is 22.6 Å². The Labute approximate surface area is 138 Å². The predicted octanol–water partition coefficient (Wildman–Crippen LogP) is 1.57. The fraction of sp³-hybridized carbons (Fsp3) is 0.278. The van der Waals surface area contributed by atoms with Gasteiger partial charge in [0, 0.05) is 19.1 Å². The van der Waals surface area contributed by atoms with Gasteiger partial charge in [0.25, 0.3) is 5.91 Å². The van der Waals surface area contributed by atoms with Crippen LogP contribution in [0, 0.1) is 11.8 Å². The summed E-state index contributed by atoms with van der Waals surface area (Å²) < 4.78 is 0. The summed E-state index contributed by atoms with van der Waals surface area (Å²) in [6, 6.07) is 13.6. The van der Waals surface area contributed by atoms with Gasteiger partial charge in [-0.25, -0.2) is 9.97 Å². The minimum absolute atomic E-state index is 0.104. The molecular formula is C18H17N5O. The number of piperidine rings is 1. The summed E-state index contributed by atoms with van der Waals surface area (Å²) in [7, 11) is 0. The molecule has 0 spiro atoms. The van der Waals surface area contributed by atoms with Crippen molar-refractivity contribution in [3.8, 4) is 11.5 Å². The molecule has 3 N–H and O–H groups in total. The van der Waals surface area contributed by atoms with E-state index in [0.717, 1.165) is 24.1 Å². The van der Waals surface area contributed by atoms with Crippen molar-refractivity contribution in [3.05, 3.63) is 48.2 Å². The molecule has 2 aliphatic rings. The summed E-state index contributed by atoms with van der Waals surface area (Å²) in [6.45, 7) is 2.00. The van der Waals surface area contributed by atoms with Crippen LogP contribution in [0.4, 0.5) is 0 Å². The molecule has 2 atom stereocenters. The summed E-state index contributed by atoms with van der Waals surface area (Å²) in [6.07, 6.45) is 0. The normalized spacial score (nSPS) is 24.8. The molecule has 120 valence electrons. The Morgan fingerprint density at radius 2 is 1.88 bits per heavy atom. The second kappa shape index (κ2) is 5.14. The number of carbonyl (C=O) groups is 1. The maximum Gasteiger partial charge on any atom is 0.270 e. The first-order valence-corrected chi connectivity index (χ1v) is 8.23. The van der Waals surface area contributed by atoms with Crippen molar-refractivity contribution >= 4 is 16.9 Å². The zero-order valence-electron chi connectivity index (χ0n) is 13.0. The second-order valence-electron chi connectivity index (χ2n) is 6.50. The summed E-state index contributed by atoms with van der Waals surface area (Å²) in [5.41, 5.74) is 2.97. The van der Waals surface area contributed by atoms with Gasteiger partial charge in [-0.2, -0.15) is 0 Å². The first kappa shape index (κ1) is 13.7. The number of hydrogen-bond donors (Lipinski definition) is 3. The van der Waals surface area contributed by atoms with Crippen molar-refractivity contribution < 1.29 is 4.79 Å². The number of aromatic nitrogens is 3. The lowest BCUT2D eigenvalue weighted by Gasteiger charge is -2.07. The van der Waals surface area contributed by atoms with Gasteiger partial charge in [-0.3, -0.25) is 4.79 Å². The fourth-order valence-corrected chi connectivity index (χ4v) is 3.62. The Hall–Kier alpha value is -2.73. The monoisotopic (exact) mass is 319 g/mol. The van der Waals surface area contributed by atoms with Crippen LogP contribution >= 0.6 is 0 Å². The third-order valence-electron chi connectivity index (χ3n) is 5.00. The number of hydrogen-bond acceptors (Lipinski definition) is 4. The Bertz CT molecular complexity index is 891. The van der Waals surface area contributed by atoms with Crippen molar-refractivity contribution in [1.82, 2.24) is 25.6 Å². The SMILES string of the molecule is O=C(NC1C2CNCC21)c1cccc(-c2nc3ccccc3[nH]2)n1. The van der Waals surface area contributed by atoms with E-state index in [4.69, 9.17) is 0 Å². The average Bonchev–Trinajstić information content (AvgIpc) is 3.02. The van der Waals surface area contributed by atoms with Gasteiger partial charge >= 0.3 is 0 Å². The third kappa shape index (κ3) is 2.18. The van der Waals surface area contributed by atoms with Crippen molar-refractivity contribution in [2.45, 2.75) is 6.04 Å². The quantitative estimate of drug-likeness (QED) is 0.684. The van der Waals surface area contributed by atoms with E-state index >= 15 is 0 Å². The Balaban J connectivity index is 1.40. The molecule has 24 heavy (non-hydrogen) atoms. The Kier molecular flexibility index (Phi) is 2.93. The average molecular weight is 319 g/mol. The van der Waals surface area contributed by atoms with Crippen molar-refractivity contribution in [2.24, 2.45) is 11.8 Å². The van der Waals surface area contributed by atoms with Crippen LogP contribution in [0.5, 0.6) is 0 Å². The highest BCUT2D eigenvalue weighted by Gasteiger charge is 2.53. The molecule has 1 saturated carbocycles. The molecular weight excluding hydrogens is 302 g/mol. The van der Waals surface area contributed by atoms with E-state index in [9.17, 15) is 4.79 Å². The van der Waals surface area contributed by atoms with Gasteiger partial charge in [0.2, 0.25) is 0 Å². The number of pyridine rings is 1. The van der Waals surface area contributed by atoms with Gasteiger partial charge in [0.1, 0.15) is 11.4 Å². The van der Waals surface area contributed by atoms with Gasteiger partial charge < -0.3 is 15.6 Å². The lowest BCUT2D eigenvalue weighted by atomic mass is 10.2. The van der Waals surface area contributed by atoms with E-state index in [2.05, 4.69) is 25.6 Å². The van der Waals surface area contributed by atoms with Crippen LogP contribution < -0.4 is 10.6 Å². The molecule has 1 aliphatic carbocycles. The van der Waals surface area contributed by atoms with Crippen LogP contribution in [0.3, 0.4) is 0 Å². The van der Waals surface area contributed by atoms with Gasteiger partial charge in [0.15, 0.2) is 5.82 Å².